The van der Waals surface area contributed by atoms with Crippen LogP contribution in [0.5, 0.6) is 0 Å². The van der Waals surface area contributed by atoms with Gasteiger partial charge in [0, 0.05) is 56.6 Å². The lowest BCUT2D eigenvalue weighted by Gasteiger charge is -2.46. The van der Waals surface area contributed by atoms with E-state index < -0.39 is 5.60 Å². The van der Waals surface area contributed by atoms with Gasteiger partial charge >= 0.3 is 5.97 Å². The number of likely N-dealkylation sites (tertiary alicyclic amines) is 1. The summed E-state index contributed by atoms with van der Waals surface area (Å²) in [7, 11) is 0. The first kappa shape index (κ1) is 23.3. The van der Waals surface area contributed by atoms with Gasteiger partial charge < -0.3 is 20.6 Å². The molecular formula is C23H37N5O3. The molecule has 2 unspecified atom stereocenters. The van der Waals surface area contributed by atoms with Gasteiger partial charge in [-0.05, 0) is 57.4 Å². The van der Waals surface area contributed by atoms with E-state index in [9.17, 15) is 4.79 Å². The molecule has 0 spiro atoms. The molecule has 2 fully saturated rings. The van der Waals surface area contributed by atoms with E-state index in [2.05, 4.69) is 26.8 Å². The zero-order valence-corrected chi connectivity index (χ0v) is 19.3. The fraction of sp³-hybridized carbons (Fsp3) is 0.652. The zero-order valence-electron chi connectivity index (χ0n) is 19.3. The Bertz CT molecular complexity index is 766. The molecule has 31 heavy (non-hydrogen) atoms. The molecule has 2 atom stereocenters. The quantitative estimate of drug-likeness (QED) is 0.242. The fourth-order valence-corrected chi connectivity index (χ4v) is 4.67. The number of nitrogens with zero attached hydrogens (tertiary/aromatic N) is 4. The highest BCUT2D eigenvalue weighted by Gasteiger charge is 2.33. The molecule has 0 aromatic heterocycles. The molecule has 2 aliphatic rings. The van der Waals surface area contributed by atoms with Crippen LogP contribution in [-0.2, 0) is 9.53 Å². The standard InChI is InChI=1S/C23H37N5O3/c1-17-15-26(16-21(29)31-23(2,3)4)10-9-20(17)28-13-11-27(12-14-28)19-7-5-18(6-8-19)22(24)25-30/h5-8,17,20,30H,9-16H2,1-4H3,(H2,24,25). The molecule has 3 N–H and O–H groups in total. The van der Waals surface area contributed by atoms with E-state index in [-0.39, 0.29) is 11.8 Å². The monoisotopic (exact) mass is 431 g/mol. The number of carbonyl (C=O) groups is 1. The Hall–Kier alpha value is -2.32. The van der Waals surface area contributed by atoms with Gasteiger partial charge in [0.2, 0.25) is 0 Å². The highest BCUT2D eigenvalue weighted by molar-refractivity contribution is 5.97. The average molecular weight is 432 g/mol. The Kier molecular flexibility index (Phi) is 7.43. The molecule has 0 bridgehead atoms. The summed E-state index contributed by atoms with van der Waals surface area (Å²) in [4.78, 5) is 19.4. The Balaban J connectivity index is 1.47. The summed E-state index contributed by atoms with van der Waals surface area (Å²) < 4.78 is 5.48. The molecule has 1 aromatic rings. The first-order valence-electron chi connectivity index (χ1n) is 11.2. The third-order valence-electron chi connectivity index (χ3n) is 6.14. The first-order valence-corrected chi connectivity index (χ1v) is 11.2. The normalized spacial score (nSPS) is 24.3. The maximum Gasteiger partial charge on any atom is 0.320 e. The predicted octanol–water partition coefficient (Wildman–Crippen LogP) is 1.96. The van der Waals surface area contributed by atoms with Crippen molar-refractivity contribution in [1.82, 2.24) is 9.80 Å². The van der Waals surface area contributed by atoms with Gasteiger partial charge in [0.25, 0.3) is 0 Å². The second-order valence-corrected chi connectivity index (χ2v) is 9.71. The van der Waals surface area contributed by atoms with E-state index in [1.165, 1.54) is 0 Å². The topological polar surface area (TPSA) is 94.6 Å². The van der Waals surface area contributed by atoms with Crippen LogP contribution < -0.4 is 10.6 Å². The van der Waals surface area contributed by atoms with Crippen LogP contribution in [0.25, 0.3) is 0 Å². The molecule has 8 nitrogen and oxygen atoms in total. The Morgan fingerprint density at radius 2 is 1.81 bits per heavy atom. The zero-order chi connectivity index (χ0) is 22.6. The Morgan fingerprint density at radius 3 is 2.35 bits per heavy atom. The maximum absolute atomic E-state index is 12.2. The molecule has 3 rings (SSSR count). The molecule has 1 aromatic carbocycles. The molecule has 2 aliphatic heterocycles. The summed E-state index contributed by atoms with van der Waals surface area (Å²) in [6.45, 7) is 14.3. The SMILES string of the molecule is CC1CN(CC(=O)OC(C)(C)C)CCC1N1CCN(c2ccc(/C(N)=N\O)cc2)CC1. The fourth-order valence-electron chi connectivity index (χ4n) is 4.67. The Morgan fingerprint density at radius 1 is 1.16 bits per heavy atom. The van der Waals surface area contributed by atoms with E-state index in [0.717, 1.165) is 56.9 Å². The van der Waals surface area contributed by atoms with Crippen molar-refractivity contribution in [2.45, 2.75) is 45.8 Å². The van der Waals surface area contributed by atoms with Crippen molar-refractivity contribution in [1.29, 1.82) is 0 Å². The summed E-state index contributed by atoms with van der Waals surface area (Å²) in [5, 5.41) is 11.9. The summed E-state index contributed by atoms with van der Waals surface area (Å²) in [6, 6.07) is 8.39. The second-order valence-electron chi connectivity index (χ2n) is 9.71. The lowest BCUT2D eigenvalue weighted by molar-refractivity contribution is -0.156. The number of benzene rings is 1. The lowest BCUT2D eigenvalue weighted by Crippen LogP contribution is -2.56. The second kappa shape index (κ2) is 9.87. The number of hydrogen-bond acceptors (Lipinski definition) is 7. The highest BCUT2D eigenvalue weighted by Crippen LogP contribution is 2.25. The van der Waals surface area contributed by atoms with Crippen LogP contribution in [0, 0.1) is 5.92 Å². The van der Waals surface area contributed by atoms with Crippen LogP contribution in [0.3, 0.4) is 0 Å². The number of piperazine rings is 1. The van der Waals surface area contributed by atoms with E-state index in [0.29, 0.717) is 18.5 Å². The molecule has 0 amide bonds. The van der Waals surface area contributed by atoms with E-state index in [4.69, 9.17) is 15.7 Å². The van der Waals surface area contributed by atoms with E-state index in [1.54, 1.807) is 0 Å². The number of hydrogen-bond donors (Lipinski definition) is 2. The Labute approximate surface area is 185 Å². The molecule has 2 heterocycles. The third kappa shape index (κ3) is 6.33. The summed E-state index contributed by atoms with van der Waals surface area (Å²) in [5.74, 6) is 0.510. The number of rotatable bonds is 5. The van der Waals surface area contributed by atoms with E-state index >= 15 is 0 Å². The average Bonchev–Trinajstić information content (AvgIpc) is 2.72. The number of anilines is 1. The predicted molar refractivity (Wildman–Crippen MR) is 123 cm³/mol. The van der Waals surface area contributed by atoms with Gasteiger partial charge in [-0.1, -0.05) is 12.1 Å². The summed E-state index contributed by atoms with van der Waals surface area (Å²) >= 11 is 0. The van der Waals surface area contributed by atoms with Crippen molar-refractivity contribution in [3.05, 3.63) is 29.8 Å². The van der Waals surface area contributed by atoms with Crippen molar-refractivity contribution in [3.63, 3.8) is 0 Å². The number of esters is 1. The molecule has 0 aliphatic carbocycles. The van der Waals surface area contributed by atoms with Crippen molar-refractivity contribution >= 4 is 17.5 Å². The van der Waals surface area contributed by atoms with Crippen LogP contribution in [0.2, 0.25) is 0 Å². The van der Waals surface area contributed by atoms with Gasteiger partial charge in [-0.25, -0.2) is 0 Å². The number of ether oxygens (including phenoxy) is 1. The number of piperidine rings is 1. The molecule has 0 saturated carbocycles. The first-order chi connectivity index (χ1) is 14.7. The highest BCUT2D eigenvalue weighted by atomic mass is 16.6. The molecule has 172 valence electrons. The van der Waals surface area contributed by atoms with Crippen molar-refractivity contribution in [2.24, 2.45) is 16.8 Å². The largest absolute Gasteiger partial charge is 0.459 e. The van der Waals surface area contributed by atoms with Gasteiger partial charge in [-0.3, -0.25) is 14.6 Å². The maximum atomic E-state index is 12.2. The van der Waals surface area contributed by atoms with Crippen LogP contribution in [0.1, 0.15) is 39.7 Å². The minimum atomic E-state index is -0.431. The number of oxime groups is 1. The smallest absolute Gasteiger partial charge is 0.320 e. The summed E-state index contributed by atoms with van der Waals surface area (Å²) in [6.07, 6.45) is 1.08. The minimum Gasteiger partial charge on any atom is -0.459 e. The minimum absolute atomic E-state index is 0.128. The van der Waals surface area contributed by atoms with Gasteiger partial charge in [0.05, 0.1) is 6.54 Å². The lowest BCUT2D eigenvalue weighted by atomic mass is 9.91. The van der Waals surface area contributed by atoms with Crippen molar-refractivity contribution in [3.8, 4) is 0 Å². The molecular weight excluding hydrogens is 394 g/mol. The van der Waals surface area contributed by atoms with Crippen LogP contribution in [0.15, 0.2) is 29.4 Å². The third-order valence-corrected chi connectivity index (χ3v) is 6.14. The van der Waals surface area contributed by atoms with Crippen molar-refractivity contribution in [2.75, 3.05) is 50.7 Å². The van der Waals surface area contributed by atoms with Crippen LogP contribution in [0.4, 0.5) is 5.69 Å². The van der Waals surface area contributed by atoms with Gasteiger partial charge in [0.15, 0.2) is 5.84 Å². The van der Waals surface area contributed by atoms with E-state index in [1.807, 2.05) is 45.0 Å². The van der Waals surface area contributed by atoms with Gasteiger partial charge in [-0.2, -0.15) is 0 Å². The van der Waals surface area contributed by atoms with Gasteiger partial charge in [0.1, 0.15) is 5.60 Å². The number of nitrogens with two attached hydrogens (primary N) is 1. The van der Waals surface area contributed by atoms with Crippen LogP contribution in [-0.4, -0.2) is 84.3 Å². The summed E-state index contributed by atoms with van der Waals surface area (Å²) in [5.41, 5.74) is 7.10. The van der Waals surface area contributed by atoms with Crippen molar-refractivity contribution < 1.29 is 14.7 Å². The molecule has 0 radical (unpaired) electrons. The number of amidine groups is 1. The number of carbonyl (C=O) groups excluding carboxylic acids is 1. The molecule has 8 heteroatoms. The van der Waals surface area contributed by atoms with Gasteiger partial charge in [-0.15, -0.1) is 0 Å². The molecule has 2 saturated heterocycles. The van der Waals surface area contributed by atoms with Crippen LogP contribution >= 0.6 is 0 Å².